The van der Waals surface area contributed by atoms with Gasteiger partial charge < -0.3 is 215 Å². The summed E-state index contributed by atoms with van der Waals surface area (Å²) in [7, 11) is 0. The molecule has 0 spiro atoms. The zero-order valence-corrected chi connectivity index (χ0v) is 79.6. The van der Waals surface area contributed by atoms with Crippen LogP contribution in [0.1, 0.15) is 59.3 Å². The van der Waals surface area contributed by atoms with Crippen LogP contribution in [0.25, 0.3) is 0 Å². The first-order chi connectivity index (χ1) is 57.2. The minimum atomic E-state index is -4.28. The van der Waals surface area contributed by atoms with Gasteiger partial charge in [-0.2, -0.15) is 0 Å². The average molecular weight is 2030 g/mol. The van der Waals surface area contributed by atoms with Crippen molar-refractivity contribution in [2.24, 2.45) is 23.2 Å². The van der Waals surface area contributed by atoms with Gasteiger partial charge >= 0.3 is 47.0 Å². The lowest BCUT2D eigenvalue weighted by Crippen LogP contribution is -2.55. The van der Waals surface area contributed by atoms with Crippen molar-refractivity contribution in [2.45, 2.75) is 133 Å². The molecule has 0 amide bonds. The highest BCUT2D eigenvalue weighted by Crippen LogP contribution is 2.48. The van der Waals surface area contributed by atoms with E-state index < -0.39 is 170 Å². The Morgan fingerprint density at radius 2 is 0.430 bits per heavy atom. The van der Waals surface area contributed by atoms with E-state index in [1.165, 1.54) is 0 Å². The van der Waals surface area contributed by atoms with E-state index in [0.29, 0.717) is 0 Å². The molecule has 3 aliphatic rings. The normalized spacial score (nSPS) is 27.3. The van der Waals surface area contributed by atoms with Gasteiger partial charge in [-0.25, -0.2) is 0 Å². The molecule has 17 N–H and O–H groups in total. The summed E-state index contributed by atoms with van der Waals surface area (Å²) in [6.07, 6.45) is -11.5. The maximum Gasteiger partial charge on any atom is 0.324 e. The standard InChI is InChI=1S/C62H127O45P7S7/c1-47-53(66)56(69)50(40-63)105-59(47)89-13-7-19-95-112(77,119)101-37-31-83-25-22-80-28-34-98-109(74,116)92-16-4-10-86-43-62(46-104-108(72,73)115,44-87-11-5-17-93-110(75,117)99-35-29-81-23-26-84-32-38-102-113(78,120)96-20-8-14-90-60-48(2)54(67)57(70)51(41-64)106-60)45-88-12-6-18-94-111(76,118)100-36-30-82-24-27-85-33-39-103-114(79,121)97-21-9-15-91-61-49(3)55(68)58(71)52(42-65)107-61/h47-61,63-71H,4-46H2,1-3H3,(H,74,116)(H,75,117)(H,76,118)(H,77,119)(H,78,120)(H,79,121)(H2,72,73,115)/t47-,48?,49?,50+,51+,52+,53+,54+,55+,56-,57-,58-,59+,60+,61+,62?,109?,110?,111?,112?,113?,114?/m0/s1. The lowest BCUT2D eigenvalue weighted by molar-refractivity contribution is -0.282. The summed E-state index contributed by atoms with van der Waals surface area (Å²) in [5.41, 5.74) is -1.29. The molecule has 0 aromatic heterocycles. The van der Waals surface area contributed by atoms with E-state index >= 15 is 0 Å². The summed E-state index contributed by atoms with van der Waals surface area (Å²) in [5.74, 6) is -1.71. The lowest BCUT2D eigenvalue weighted by Gasteiger charge is -2.40. The fourth-order valence-electron chi connectivity index (χ4n) is 10.4. The van der Waals surface area contributed by atoms with Gasteiger partial charge in [0.25, 0.3) is 0 Å². The number of aliphatic hydroxyl groups excluding tert-OH is 9. The Bertz CT molecular complexity index is 2750. The Labute approximate surface area is 740 Å². The first-order valence-corrected chi connectivity index (χ1v) is 56.7. The molecule has 0 aliphatic carbocycles. The van der Waals surface area contributed by atoms with Crippen molar-refractivity contribution in [2.75, 3.05) is 244 Å². The SMILES string of the molecule is CC1[C@H](OCCCOP(O)(=S)OCCOCCOCCOP(O)(=S)OCCCOCC(COCCCOP(O)(=S)OCCOCCOCCOP(O)(=S)OCCCO[C@@H]2O[C@H](CO)[C@H](O)[C@H](O)C2C)(COCCCOP(O)(=S)OCCOCCOCCOP(O)(=S)OCCCO[C@@H]2O[C@H](CO)[C@H](O)[C@H](O)[C@@H]2C)COP(O)(O)=S)O[C@H](CO)[C@H](O)[C@@H]1O. The largest absolute Gasteiger partial charge is 0.394 e. The number of aliphatic hydroxyl groups is 9. The Hall–Kier alpha value is 2.75. The molecule has 21 atom stereocenters. The van der Waals surface area contributed by atoms with Crippen molar-refractivity contribution in [1.29, 1.82) is 0 Å². The van der Waals surface area contributed by atoms with Crippen molar-refractivity contribution in [1.82, 2.24) is 0 Å². The van der Waals surface area contributed by atoms with Crippen LogP contribution >= 0.6 is 47.0 Å². The topological polar surface area (TPSA) is 602 Å². The molecule has 0 aromatic carbocycles. The first-order valence-electron chi connectivity index (χ1n) is 38.6. The van der Waals surface area contributed by atoms with Gasteiger partial charge in [-0.05, 0) is 121 Å². The highest BCUT2D eigenvalue weighted by Gasteiger charge is 2.45. The van der Waals surface area contributed by atoms with E-state index in [0.717, 1.165) is 0 Å². The lowest BCUT2D eigenvalue weighted by atomic mass is 9.92. The second-order valence-electron chi connectivity index (χ2n) is 26.8. The van der Waals surface area contributed by atoms with Gasteiger partial charge in [0.1, 0.15) is 36.6 Å². The monoisotopic (exact) mass is 2030 g/mol. The second-order valence-corrected chi connectivity index (χ2v) is 46.5. The van der Waals surface area contributed by atoms with Crippen LogP contribution in [0.2, 0.25) is 0 Å². The fraction of sp³-hybridized carbons (Fsp3) is 1.00. The molecule has 3 rings (SSSR count). The number of hydrogen-bond acceptors (Lipinski definition) is 44. The van der Waals surface area contributed by atoms with Crippen LogP contribution in [0.15, 0.2) is 0 Å². The Morgan fingerprint density at radius 1 is 0.240 bits per heavy atom. The molecular weight excluding hydrogens is 1910 g/mol. The third-order valence-electron chi connectivity index (χ3n) is 16.9. The summed E-state index contributed by atoms with van der Waals surface area (Å²) in [4.78, 5) is 83.5. The molecule has 0 bridgehead atoms. The summed E-state index contributed by atoms with van der Waals surface area (Å²) in [5, 5.41) is 88.9. The van der Waals surface area contributed by atoms with Crippen LogP contribution in [-0.2, 0) is 213 Å². The van der Waals surface area contributed by atoms with Gasteiger partial charge in [-0.3, -0.25) is 0 Å². The third-order valence-corrected chi connectivity index (χ3v) is 27.6. The Balaban J connectivity index is 1.37. The molecule has 3 saturated heterocycles. The quantitative estimate of drug-likeness (QED) is 0.0269. The van der Waals surface area contributed by atoms with Crippen molar-refractivity contribution in [3.05, 3.63) is 0 Å². The van der Waals surface area contributed by atoms with Crippen LogP contribution in [0.5, 0.6) is 0 Å². The van der Waals surface area contributed by atoms with Crippen LogP contribution in [0.4, 0.5) is 0 Å². The number of hydrogen-bond donors (Lipinski definition) is 17. The van der Waals surface area contributed by atoms with E-state index in [1.807, 2.05) is 0 Å². The van der Waals surface area contributed by atoms with Crippen molar-refractivity contribution in [3.8, 4) is 0 Å². The molecule has 0 aromatic rings. The van der Waals surface area contributed by atoms with Crippen molar-refractivity contribution >= 4 is 130 Å². The van der Waals surface area contributed by atoms with Crippen LogP contribution < -0.4 is 0 Å². The third kappa shape index (κ3) is 54.8. The summed E-state index contributed by atoms with van der Waals surface area (Å²) in [6.45, 7) is -23.9. The Morgan fingerprint density at radius 3 is 0.628 bits per heavy atom. The molecule has 722 valence electrons. The minimum Gasteiger partial charge on any atom is -0.394 e. The number of ether oxygens (including phenoxy) is 15. The van der Waals surface area contributed by atoms with Gasteiger partial charge in [-0.15, -0.1) is 0 Å². The highest BCUT2D eigenvalue weighted by atomic mass is 32.5. The van der Waals surface area contributed by atoms with Crippen LogP contribution in [0.3, 0.4) is 0 Å². The molecule has 0 saturated carbocycles. The van der Waals surface area contributed by atoms with Crippen LogP contribution in [-0.4, -0.2) is 403 Å². The van der Waals surface area contributed by atoms with Crippen molar-refractivity contribution in [3.63, 3.8) is 0 Å². The molecule has 3 aliphatic heterocycles. The van der Waals surface area contributed by atoms with E-state index in [1.54, 1.807) is 20.8 Å². The van der Waals surface area contributed by atoms with E-state index in [-0.39, 0.29) is 257 Å². The molecule has 0 radical (unpaired) electrons. The first kappa shape index (κ1) is 118. The molecule has 45 nitrogen and oxygen atoms in total. The smallest absolute Gasteiger partial charge is 0.324 e. The summed E-state index contributed by atoms with van der Waals surface area (Å²) in [6, 6.07) is 0. The van der Waals surface area contributed by atoms with Crippen LogP contribution in [0, 0.1) is 23.2 Å². The van der Waals surface area contributed by atoms with Gasteiger partial charge in [-0.1, -0.05) is 20.8 Å². The zero-order valence-electron chi connectivity index (χ0n) is 67.6. The highest BCUT2D eigenvalue weighted by molar-refractivity contribution is 8.08. The summed E-state index contributed by atoms with van der Waals surface area (Å²) < 4.78 is 154. The van der Waals surface area contributed by atoms with Gasteiger partial charge in [0.05, 0.1) is 248 Å². The van der Waals surface area contributed by atoms with E-state index in [4.69, 9.17) is 213 Å². The summed E-state index contributed by atoms with van der Waals surface area (Å²) >= 11 is 35.3. The Kier molecular flexibility index (Phi) is 63.8. The predicted molar refractivity (Wildman–Crippen MR) is 451 cm³/mol. The van der Waals surface area contributed by atoms with Gasteiger partial charge in [0, 0.05) is 37.6 Å². The van der Waals surface area contributed by atoms with Crippen molar-refractivity contribution < 1.29 is 215 Å². The molecule has 8 unspecified atom stereocenters. The van der Waals surface area contributed by atoms with E-state index in [2.05, 4.69) is 0 Å². The predicted octanol–water partition coefficient (Wildman–Crippen LogP) is -0.536. The van der Waals surface area contributed by atoms with Gasteiger partial charge in [0.2, 0.25) is 0 Å². The molecule has 3 heterocycles. The fourth-order valence-corrected chi connectivity index (χ4v) is 18.1. The number of rotatable bonds is 78. The molecule has 3 fully saturated rings. The molecular formula is C62H127O45P7S7. The van der Waals surface area contributed by atoms with E-state index in [9.17, 15) is 85.1 Å². The zero-order chi connectivity index (χ0) is 89.9. The van der Waals surface area contributed by atoms with Gasteiger partial charge in [0.15, 0.2) is 18.9 Å². The average Bonchev–Trinajstić information content (AvgIpc) is 0.826. The molecule has 121 heavy (non-hydrogen) atoms. The maximum atomic E-state index is 10.7. The molecule has 59 heteroatoms. The maximum absolute atomic E-state index is 10.7. The second kappa shape index (κ2) is 65.4. The minimum absolute atomic E-state index is 0.00641.